The molecule has 13 aromatic carbocycles. The van der Waals surface area contributed by atoms with E-state index in [2.05, 4.69) is 329 Å². The molecule has 406 valence electrons. The summed E-state index contributed by atoms with van der Waals surface area (Å²) in [4.78, 5) is 16.6. The molecule has 87 heavy (non-hydrogen) atoms. The van der Waals surface area contributed by atoms with Crippen LogP contribution in [0.25, 0.3) is 161 Å². The van der Waals surface area contributed by atoms with Gasteiger partial charge >= 0.3 is 0 Å². The highest BCUT2D eigenvalue weighted by Gasteiger charge is 2.23. The number of hydrogen-bond donors (Lipinski definition) is 0. The van der Waals surface area contributed by atoms with Crippen molar-refractivity contribution in [2.24, 2.45) is 0 Å². The van der Waals surface area contributed by atoms with Gasteiger partial charge in [-0.25, -0.2) is 4.98 Å². The topological polar surface area (TPSA) is 53.5 Å². The Hall–Kier alpha value is -11.7. The molecular formula is C81H52N6. The van der Waals surface area contributed by atoms with Gasteiger partial charge in [0, 0.05) is 54.6 Å². The van der Waals surface area contributed by atoms with E-state index in [0.29, 0.717) is 17.6 Å². The number of rotatable bonds is 10. The molecule has 0 radical (unpaired) electrons. The van der Waals surface area contributed by atoms with Crippen molar-refractivity contribution in [2.75, 3.05) is 0 Å². The van der Waals surface area contributed by atoms with Crippen LogP contribution in [0.15, 0.2) is 315 Å². The first-order valence-electron chi connectivity index (χ1n) is 29.6. The van der Waals surface area contributed by atoms with E-state index in [1.807, 2.05) is 0 Å². The van der Waals surface area contributed by atoms with Crippen molar-refractivity contribution in [2.45, 2.75) is 0 Å². The molecule has 0 N–H and O–H groups in total. The van der Waals surface area contributed by atoms with E-state index in [1.165, 1.54) is 32.7 Å². The summed E-state index contributed by atoms with van der Waals surface area (Å²) in [5.41, 5.74) is 21.6. The Morgan fingerprint density at radius 1 is 0.184 bits per heavy atom. The lowest BCUT2D eigenvalue weighted by Crippen LogP contribution is -2.06. The van der Waals surface area contributed by atoms with Gasteiger partial charge in [-0.1, -0.05) is 237 Å². The maximum absolute atomic E-state index is 5.54. The first-order chi connectivity index (χ1) is 43.1. The zero-order valence-electron chi connectivity index (χ0n) is 47.2. The van der Waals surface area contributed by atoms with Gasteiger partial charge in [-0.05, 0) is 123 Å². The van der Waals surface area contributed by atoms with Gasteiger partial charge in [-0.15, -0.1) is 0 Å². The Balaban J connectivity index is 0.877. The molecule has 0 bridgehead atoms. The summed E-state index contributed by atoms with van der Waals surface area (Å²) >= 11 is 0. The van der Waals surface area contributed by atoms with Crippen LogP contribution in [-0.4, -0.2) is 28.7 Å². The van der Waals surface area contributed by atoms with E-state index in [0.717, 1.165) is 111 Å². The molecule has 0 unspecified atom stereocenters. The summed E-state index contributed by atoms with van der Waals surface area (Å²) in [7, 11) is 0. The lowest BCUT2D eigenvalue weighted by atomic mass is 9.94. The number of hydrogen-bond acceptors (Lipinski definition) is 3. The maximum Gasteiger partial charge on any atom is 0.238 e. The second-order valence-corrected chi connectivity index (χ2v) is 22.3. The van der Waals surface area contributed by atoms with Gasteiger partial charge in [0.05, 0.1) is 44.5 Å². The van der Waals surface area contributed by atoms with Crippen LogP contribution in [-0.2, 0) is 0 Å². The second kappa shape index (κ2) is 20.6. The molecule has 6 nitrogen and oxygen atoms in total. The van der Waals surface area contributed by atoms with Crippen LogP contribution in [0.3, 0.4) is 0 Å². The highest BCUT2D eigenvalue weighted by atomic mass is 15.2. The number of fused-ring (bicyclic) bond motifs is 9. The first-order valence-corrected chi connectivity index (χ1v) is 29.6. The van der Waals surface area contributed by atoms with Gasteiger partial charge in [0.2, 0.25) is 5.95 Å². The highest BCUT2D eigenvalue weighted by molar-refractivity contribution is 6.12. The fraction of sp³-hybridized carbons (Fsp3) is 0. The molecule has 6 heteroatoms. The number of benzene rings is 13. The fourth-order valence-corrected chi connectivity index (χ4v) is 13.3. The Kier molecular flexibility index (Phi) is 11.8. The predicted octanol–water partition coefficient (Wildman–Crippen LogP) is 20.8. The van der Waals surface area contributed by atoms with Crippen LogP contribution in [0.1, 0.15) is 0 Å². The molecule has 4 aromatic heterocycles. The fourth-order valence-electron chi connectivity index (χ4n) is 13.3. The summed E-state index contributed by atoms with van der Waals surface area (Å²) in [5.74, 6) is 1.66. The molecule has 0 aliphatic rings. The second-order valence-electron chi connectivity index (χ2n) is 22.3. The highest BCUT2D eigenvalue weighted by Crippen LogP contribution is 2.43. The van der Waals surface area contributed by atoms with Crippen molar-refractivity contribution in [3.8, 4) is 95.7 Å². The van der Waals surface area contributed by atoms with Crippen molar-refractivity contribution in [3.05, 3.63) is 315 Å². The third-order valence-electron chi connectivity index (χ3n) is 17.3. The molecule has 17 rings (SSSR count). The predicted molar refractivity (Wildman–Crippen MR) is 361 cm³/mol. The van der Waals surface area contributed by atoms with Crippen LogP contribution >= 0.6 is 0 Å². The van der Waals surface area contributed by atoms with E-state index >= 15 is 0 Å². The number of para-hydroxylation sites is 6. The van der Waals surface area contributed by atoms with E-state index < -0.39 is 0 Å². The molecule has 17 aromatic rings. The Morgan fingerprint density at radius 3 is 0.851 bits per heavy atom. The lowest BCUT2D eigenvalue weighted by Gasteiger charge is -2.17. The third kappa shape index (κ3) is 8.45. The molecule has 0 aliphatic carbocycles. The standard InChI is InChI=1S/C81H52N6/c1-3-22-53(23-4-1)55-26-19-27-56(48-55)58-45-47-78(86-73-40-15-9-34-65(73)66-35-10-16-41-74(66)86)70(52-58)60-29-21-31-62(50-60)80-82-79(83-81(84-80)87-75-42-17-11-36-67(75)68-37-12-18-43-76(68)87)61-30-20-28-59(49-61)69-51-57(54-24-5-2-6-25-54)44-46-77(69)85-71-38-13-7-32-63(71)64-33-8-14-39-72(64)85/h1-52H. The van der Waals surface area contributed by atoms with Gasteiger partial charge in [-0.3, -0.25) is 4.57 Å². The molecule has 0 spiro atoms. The Bertz CT molecular complexity index is 5370. The SMILES string of the molecule is c1ccc(-c2cccc(-c3ccc(-n4c5ccccc5c5ccccc54)c(-c4cccc(-c5nc(-c6cccc(-c7cc(-c8ccccc8)ccc7-n7c8ccccc8c8ccccc87)c6)nc(-n6c7ccccc7c7ccccc76)n5)c4)c3)c2)cc1. The van der Waals surface area contributed by atoms with Crippen molar-refractivity contribution in [3.63, 3.8) is 0 Å². The average Bonchev–Trinajstić information content (AvgIpc) is 2.06. The quantitative estimate of drug-likeness (QED) is 0.137. The summed E-state index contributed by atoms with van der Waals surface area (Å²) in [6, 6.07) is 113. The summed E-state index contributed by atoms with van der Waals surface area (Å²) < 4.78 is 7.04. The maximum atomic E-state index is 5.54. The van der Waals surface area contributed by atoms with E-state index in [-0.39, 0.29) is 0 Å². The van der Waals surface area contributed by atoms with Crippen molar-refractivity contribution in [1.29, 1.82) is 0 Å². The van der Waals surface area contributed by atoms with Crippen LogP contribution in [0, 0.1) is 0 Å². The summed E-state index contributed by atoms with van der Waals surface area (Å²) in [5, 5.41) is 7.09. The summed E-state index contributed by atoms with van der Waals surface area (Å²) in [6.07, 6.45) is 0. The normalized spacial score (nSPS) is 11.7. The third-order valence-corrected chi connectivity index (χ3v) is 17.3. The van der Waals surface area contributed by atoms with Crippen LogP contribution in [0.5, 0.6) is 0 Å². The van der Waals surface area contributed by atoms with E-state index in [4.69, 9.17) is 15.0 Å². The van der Waals surface area contributed by atoms with Crippen molar-refractivity contribution in [1.82, 2.24) is 28.7 Å². The molecule has 0 atom stereocenters. The molecule has 0 saturated carbocycles. The minimum absolute atomic E-state index is 0.534. The molecule has 4 heterocycles. The average molecular weight is 1110 g/mol. The minimum atomic E-state index is 0.534. The first kappa shape index (κ1) is 49.8. The smallest absolute Gasteiger partial charge is 0.238 e. The van der Waals surface area contributed by atoms with Crippen LogP contribution in [0.4, 0.5) is 0 Å². The molecule has 0 amide bonds. The van der Waals surface area contributed by atoms with E-state index in [1.54, 1.807) is 0 Å². The van der Waals surface area contributed by atoms with Gasteiger partial charge in [0.25, 0.3) is 0 Å². The van der Waals surface area contributed by atoms with E-state index in [9.17, 15) is 0 Å². The lowest BCUT2D eigenvalue weighted by molar-refractivity contribution is 0.953. The van der Waals surface area contributed by atoms with Gasteiger partial charge in [-0.2, -0.15) is 9.97 Å². The van der Waals surface area contributed by atoms with Gasteiger partial charge < -0.3 is 9.13 Å². The molecular weight excluding hydrogens is 1060 g/mol. The monoisotopic (exact) mass is 1110 g/mol. The van der Waals surface area contributed by atoms with Crippen LogP contribution < -0.4 is 0 Å². The van der Waals surface area contributed by atoms with Crippen LogP contribution in [0.2, 0.25) is 0 Å². The summed E-state index contributed by atoms with van der Waals surface area (Å²) in [6.45, 7) is 0. The zero-order chi connectivity index (χ0) is 57.4. The van der Waals surface area contributed by atoms with Gasteiger partial charge in [0.15, 0.2) is 11.6 Å². The Labute approximate surface area is 502 Å². The van der Waals surface area contributed by atoms with Crippen molar-refractivity contribution >= 4 is 65.4 Å². The minimum Gasteiger partial charge on any atom is -0.309 e. The molecule has 0 aliphatic heterocycles. The Morgan fingerprint density at radius 2 is 0.460 bits per heavy atom. The largest absolute Gasteiger partial charge is 0.309 e. The zero-order valence-corrected chi connectivity index (χ0v) is 47.2. The molecule has 0 saturated heterocycles. The molecule has 0 fully saturated rings. The van der Waals surface area contributed by atoms with Gasteiger partial charge in [0.1, 0.15) is 0 Å². The number of aromatic nitrogens is 6. The number of nitrogens with zero attached hydrogens (tertiary/aromatic N) is 6. The van der Waals surface area contributed by atoms with Crippen molar-refractivity contribution < 1.29 is 0 Å².